The van der Waals surface area contributed by atoms with Gasteiger partial charge in [-0.25, -0.2) is 0 Å². The molecule has 0 aliphatic heterocycles. The van der Waals surface area contributed by atoms with Gasteiger partial charge < -0.3 is 10.3 Å². The molecule has 0 radical (unpaired) electrons. The second-order valence-corrected chi connectivity index (χ2v) is 4.08. The van der Waals surface area contributed by atoms with Crippen molar-refractivity contribution in [2.75, 3.05) is 5.73 Å². The molecule has 0 saturated heterocycles. The predicted octanol–water partition coefficient (Wildman–Crippen LogP) is 1.77. The van der Waals surface area contributed by atoms with Gasteiger partial charge in [-0.2, -0.15) is 0 Å². The average Bonchev–Trinajstić information content (AvgIpc) is 2.49. The molecule has 2 N–H and O–H groups in total. The summed E-state index contributed by atoms with van der Waals surface area (Å²) < 4.78 is 4.85. The zero-order valence-electron chi connectivity index (χ0n) is 6.86. The normalized spacial score (nSPS) is 38.2. The summed E-state index contributed by atoms with van der Waals surface area (Å²) in [6.07, 6.45) is 4.05. The fourth-order valence-electron chi connectivity index (χ4n) is 2.45. The van der Waals surface area contributed by atoms with Crippen LogP contribution in [0.15, 0.2) is 10.6 Å². The van der Waals surface area contributed by atoms with Gasteiger partial charge in [-0.1, -0.05) is 5.16 Å². The first-order chi connectivity index (χ1) is 5.83. The average molecular weight is 164 g/mol. The highest BCUT2D eigenvalue weighted by Crippen LogP contribution is 2.57. The predicted molar refractivity (Wildman–Crippen MR) is 44.5 cm³/mol. The molecule has 2 fully saturated rings. The molecule has 3 nitrogen and oxygen atoms in total. The molecule has 2 aliphatic rings. The lowest BCUT2D eigenvalue weighted by Gasteiger charge is -2.05. The largest absolute Gasteiger partial charge is 0.368 e. The molecule has 3 atom stereocenters. The van der Waals surface area contributed by atoms with E-state index in [1.54, 1.807) is 0 Å². The number of hydrogen-bond acceptors (Lipinski definition) is 3. The quantitative estimate of drug-likeness (QED) is 0.688. The summed E-state index contributed by atoms with van der Waals surface area (Å²) in [6.45, 7) is 0. The molecule has 1 aromatic rings. The number of fused-ring (bicyclic) bond motifs is 1. The molecule has 64 valence electrons. The Morgan fingerprint density at radius 2 is 2.08 bits per heavy atom. The van der Waals surface area contributed by atoms with Crippen molar-refractivity contribution in [1.29, 1.82) is 0 Å². The molecule has 2 aliphatic carbocycles. The highest BCUT2D eigenvalue weighted by atomic mass is 16.5. The number of rotatable bonds is 1. The Kier molecular flexibility index (Phi) is 1.10. The summed E-state index contributed by atoms with van der Waals surface area (Å²) >= 11 is 0. The van der Waals surface area contributed by atoms with Crippen molar-refractivity contribution < 1.29 is 4.52 Å². The topological polar surface area (TPSA) is 52.0 Å². The first kappa shape index (κ1) is 6.52. The van der Waals surface area contributed by atoms with E-state index in [0.29, 0.717) is 11.8 Å². The number of anilines is 1. The highest BCUT2D eigenvalue weighted by molar-refractivity contribution is 5.27. The summed E-state index contributed by atoms with van der Waals surface area (Å²) in [5.74, 6) is 3.07. The van der Waals surface area contributed by atoms with E-state index < -0.39 is 0 Å². The van der Waals surface area contributed by atoms with Crippen molar-refractivity contribution in [2.45, 2.75) is 25.2 Å². The maximum absolute atomic E-state index is 5.46. The Morgan fingerprint density at radius 1 is 1.33 bits per heavy atom. The van der Waals surface area contributed by atoms with Crippen molar-refractivity contribution in [1.82, 2.24) is 5.16 Å². The van der Waals surface area contributed by atoms with E-state index in [2.05, 4.69) is 5.16 Å². The lowest BCUT2D eigenvalue weighted by Crippen LogP contribution is -1.95. The van der Waals surface area contributed by atoms with Gasteiger partial charge >= 0.3 is 0 Å². The van der Waals surface area contributed by atoms with Crippen LogP contribution < -0.4 is 5.73 Å². The first-order valence-corrected chi connectivity index (χ1v) is 4.55. The fourth-order valence-corrected chi connectivity index (χ4v) is 2.45. The number of hydrogen-bond donors (Lipinski definition) is 1. The summed E-state index contributed by atoms with van der Waals surface area (Å²) in [5, 5.41) is 3.95. The zero-order chi connectivity index (χ0) is 8.13. The molecular weight excluding hydrogens is 152 g/mol. The minimum Gasteiger partial charge on any atom is -0.368 e. The van der Waals surface area contributed by atoms with Crippen LogP contribution in [0.3, 0.4) is 0 Å². The first-order valence-electron chi connectivity index (χ1n) is 4.55. The molecule has 12 heavy (non-hydrogen) atoms. The molecule has 1 aromatic heterocycles. The number of nitrogens with two attached hydrogens (primary N) is 1. The summed E-state index contributed by atoms with van der Waals surface area (Å²) in [4.78, 5) is 0. The molecule has 1 unspecified atom stereocenters. The molecule has 0 bridgehead atoms. The van der Waals surface area contributed by atoms with Gasteiger partial charge in [-0.05, 0) is 31.1 Å². The van der Waals surface area contributed by atoms with Gasteiger partial charge in [0.2, 0.25) is 5.88 Å². The van der Waals surface area contributed by atoms with Gasteiger partial charge in [0.1, 0.15) is 0 Å². The summed E-state index contributed by atoms with van der Waals surface area (Å²) in [6, 6.07) is 1.87. The zero-order valence-corrected chi connectivity index (χ0v) is 6.86. The van der Waals surface area contributed by atoms with Crippen molar-refractivity contribution in [3.63, 3.8) is 0 Å². The van der Waals surface area contributed by atoms with E-state index in [9.17, 15) is 0 Å². The van der Waals surface area contributed by atoms with Crippen molar-refractivity contribution >= 4 is 5.88 Å². The van der Waals surface area contributed by atoms with Crippen LogP contribution in [0, 0.1) is 11.8 Å². The van der Waals surface area contributed by atoms with Gasteiger partial charge in [0.05, 0.1) is 5.69 Å². The second kappa shape index (κ2) is 2.03. The molecule has 0 aromatic carbocycles. The van der Waals surface area contributed by atoms with Gasteiger partial charge in [0.15, 0.2) is 0 Å². The Bertz CT molecular complexity index is 297. The van der Waals surface area contributed by atoms with E-state index in [-0.39, 0.29) is 0 Å². The van der Waals surface area contributed by atoms with Gasteiger partial charge in [-0.15, -0.1) is 0 Å². The van der Waals surface area contributed by atoms with E-state index in [1.165, 1.54) is 19.3 Å². The van der Waals surface area contributed by atoms with Gasteiger partial charge in [0, 0.05) is 12.0 Å². The van der Waals surface area contributed by atoms with Gasteiger partial charge in [-0.3, -0.25) is 0 Å². The Labute approximate surface area is 70.9 Å². The van der Waals surface area contributed by atoms with Crippen molar-refractivity contribution in [2.24, 2.45) is 11.8 Å². The maximum Gasteiger partial charge on any atom is 0.222 e. The van der Waals surface area contributed by atoms with Crippen molar-refractivity contribution in [3.05, 3.63) is 11.8 Å². The van der Waals surface area contributed by atoms with E-state index in [4.69, 9.17) is 10.3 Å². The van der Waals surface area contributed by atoms with E-state index in [1.807, 2.05) is 6.07 Å². The highest BCUT2D eigenvalue weighted by Gasteiger charge is 2.46. The third-order valence-corrected chi connectivity index (χ3v) is 3.21. The van der Waals surface area contributed by atoms with Crippen LogP contribution in [0.1, 0.15) is 30.9 Å². The molecule has 3 heteroatoms. The Balaban J connectivity index is 1.81. The van der Waals surface area contributed by atoms with Crippen LogP contribution in [-0.2, 0) is 0 Å². The third kappa shape index (κ3) is 0.854. The smallest absolute Gasteiger partial charge is 0.222 e. The lowest BCUT2D eigenvalue weighted by molar-refractivity contribution is 0.416. The number of nitrogens with zero attached hydrogens (tertiary/aromatic N) is 1. The third-order valence-electron chi connectivity index (χ3n) is 3.21. The standard InChI is InChI=1S/C9H12N2O/c10-9-4-8(11-12-9)7-2-5-1-6(5)3-7/h4-7H,1-3,10H2/t5-,6+,7?. The minimum atomic E-state index is 0.450. The molecule has 2 saturated carbocycles. The van der Waals surface area contributed by atoms with Crippen molar-refractivity contribution in [3.8, 4) is 0 Å². The molecule has 3 rings (SSSR count). The monoisotopic (exact) mass is 164 g/mol. The van der Waals surface area contributed by atoms with Crippen LogP contribution in [0.4, 0.5) is 5.88 Å². The van der Waals surface area contributed by atoms with E-state index >= 15 is 0 Å². The summed E-state index contributed by atoms with van der Waals surface area (Å²) in [7, 11) is 0. The SMILES string of the molecule is Nc1cc(C2C[C@@H]3C[C@@H]3C2)no1. The van der Waals surface area contributed by atoms with Crippen LogP contribution in [0.25, 0.3) is 0 Å². The van der Waals surface area contributed by atoms with Crippen LogP contribution in [0.2, 0.25) is 0 Å². The van der Waals surface area contributed by atoms with Crippen LogP contribution in [-0.4, -0.2) is 5.16 Å². The van der Waals surface area contributed by atoms with Crippen LogP contribution >= 0.6 is 0 Å². The molecular formula is C9H12N2O. The Morgan fingerprint density at radius 3 is 2.67 bits per heavy atom. The lowest BCUT2D eigenvalue weighted by atomic mass is 10.00. The minimum absolute atomic E-state index is 0.450. The second-order valence-electron chi connectivity index (χ2n) is 4.08. The summed E-state index contributed by atoms with van der Waals surface area (Å²) in [5.41, 5.74) is 6.53. The maximum atomic E-state index is 5.46. The Hall–Kier alpha value is -0.990. The van der Waals surface area contributed by atoms with E-state index in [0.717, 1.165) is 17.5 Å². The number of nitrogen functional groups attached to an aromatic ring is 1. The molecule has 1 heterocycles. The fraction of sp³-hybridized carbons (Fsp3) is 0.667. The number of aromatic nitrogens is 1. The molecule has 0 spiro atoms. The molecule has 0 amide bonds. The van der Waals surface area contributed by atoms with Gasteiger partial charge in [0.25, 0.3) is 0 Å². The van der Waals surface area contributed by atoms with Crippen LogP contribution in [0.5, 0.6) is 0 Å².